The molecule has 0 bridgehead atoms. The van der Waals surface area contributed by atoms with E-state index in [2.05, 4.69) is 22.0 Å². The molecule has 1 amide bonds. The molecule has 1 aliphatic heterocycles. The number of likely N-dealkylation sites (tertiary alicyclic amines) is 1. The molecule has 2 heterocycles. The molecule has 2 aromatic carbocycles. The number of amides is 1. The Balaban J connectivity index is 1.52. The number of nitrogens with zero attached hydrogens (tertiary/aromatic N) is 2. The Hall–Kier alpha value is -2.06. The van der Waals surface area contributed by atoms with E-state index in [1.165, 1.54) is 0 Å². The van der Waals surface area contributed by atoms with Crippen LogP contribution in [0.1, 0.15) is 23.6 Å². The second kappa shape index (κ2) is 8.75. The number of hydrogen-bond donors (Lipinski definition) is 2. The van der Waals surface area contributed by atoms with E-state index in [4.69, 9.17) is 12.2 Å². The number of aromatic amines is 1. The van der Waals surface area contributed by atoms with Crippen molar-refractivity contribution in [1.29, 1.82) is 0 Å². The maximum absolute atomic E-state index is 13.1. The molecule has 0 radical (unpaired) electrons. The van der Waals surface area contributed by atoms with Crippen LogP contribution in [0.4, 0.5) is 0 Å². The number of benzene rings is 2. The Kier molecular flexibility index (Phi) is 6.10. The average molecular weight is 428 g/mol. The van der Waals surface area contributed by atoms with Gasteiger partial charge in [-0.1, -0.05) is 36.4 Å². The zero-order valence-corrected chi connectivity index (χ0v) is 18.0. The summed E-state index contributed by atoms with van der Waals surface area (Å²) in [5.41, 5.74) is 3.07. The SMILES string of the molecule is CN(C(=O)Cc1ccc2sc(=S)[nH]c2c1)[C@H](CN1CC[C@@H](O)C1)c1ccccc1. The van der Waals surface area contributed by atoms with Crippen LogP contribution in [0.5, 0.6) is 0 Å². The molecule has 29 heavy (non-hydrogen) atoms. The second-order valence-electron chi connectivity index (χ2n) is 7.66. The number of nitrogens with one attached hydrogen (secondary N) is 1. The van der Waals surface area contributed by atoms with Gasteiger partial charge in [-0.2, -0.15) is 0 Å². The third-order valence-corrected chi connectivity index (χ3v) is 6.78. The van der Waals surface area contributed by atoms with Gasteiger partial charge in [0.05, 0.1) is 28.8 Å². The number of aromatic nitrogens is 1. The molecule has 1 saturated heterocycles. The highest BCUT2D eigenvalue weighted by Crippen LogP contribution is 2.25. The van der Waals surface area contributed by atoms with Gasteiger partial charge >= 0.3 is 0 Å². The number of aliphatic hydroxyl groups excluding tert-OH is 1. The first-order chi connectivity index (χ1) is 14.0. The van der Waals surface area contributed by atoms with Crippen LogP contribution in [0.15, 0.2) is 48.5 Å². The predicted molar refractivity (Wildman–Crippen MR) is 120 cm³/mol. The Morgan fingerprint density at radius 2 is 2.14 bits per heavy atom. The molecule has 0 saturated carbocycles. The number of β-amino-alcohol motifs (C(OH)–C–C–N with tert-alkyl or cyclic N) is 1. The summed E-state index contributed by atoms with van der Waals surface area (Å²) in [6, 6.07) is 16.1. The summed E-state index contributed by atoms with van der Waals surface area (Å²) in [5, 5.41) is 9.88. The lowest BCUT2D eigenvalue weighted by Crippen LogP contribution is -2.39. The van der Waals surface area contributed by atoms with Crippen LogP contribution < -0.4 is 0 Å². The van der Waals surface area contributed by atoms with Crippen molar-refractivity contribution in [3.05, 3.63) is 63.6 Å². The smallest absolute Gasteiger partial charge is 0.227 e. The van der Waals surface area contributed by atoms with Gasteiger partial charge in [0, 0.05) is 26.7 Å². The Morgan fingerprint density at radius 1 is 1.34 bits per heavy atom. The minimum absolute atomic E-state index is 0.0512. The summed E-state index contributed by atoms with van der Waals surface area (Å²) >= 11 is 6.76. The number of carbonyl (C=O) groups excluding carboxylic acids is 1. The molecule has 1 fully saturated rings. The highest BCUT2D eigenvalue weighted by atomic mass is 32.1. The molecule has 1 aliphatic rings. The van der Waals surface area contributed by atoms with E-state index >= 15 is 0 Å². The van der Waals surface area contributed by atoms with Crippen LogP contribution in [0.2, 0.25) is 0 Å². The van der Waals surface area contributed by atoms with Gasteiger partial charge < -0.3 is 15.0 Å². The van der Waals surface area contributed by atoms with E-state index in [0.29, 0.717) is 13.0 Å². The quantitative estimate of drug-likeness (QED) is 0.588. The maximum Gasteiger partial charge on any atom is 0.227 e. The fraction of sp³-hybridized carbons (Fsp3) is 0.364. The Bertz CT molecular complexity index is 1050. The molecule has 152 valence electrons. The van der Waals surface area contributed by atoms with Crippen molar-refractivity contribution in [2.24, 2.45) is 0 Å². The van der Waals surface area contributed by atoms with Gasteiger partial charge in [0.1, 0.15) is 0 Å². The largest absolute Gasteiger partial charge is 0.392 e. The molecule has 4 rings (SSSR count). The van der Waals surface area contributed by atoms with Gasteiger partial charge in [0.15, 0.2) is 3.95 Å². The standard InChI is InChI=1S/C22H25N3O2S2/c1-24(21(27)12-15-7-8-20-18(11-15)23-22(28)29-20)19(16-5-3-2-4-6-16)14-25-10-9-17(26)13-25/h2-8,11,17,19,26H,9-10,12-14H2,1H3,(H,23,28)/t17-,19-/m1/s1. The van der Waals surface area contributed by atoms with E-state index in [9.17, 15) is 9.90 Å². The van der Waals surface area contributed by atoms with Crippen LogP contribution in [0, 0.1) is 3.95 Å². The van der Waals surface area contributed by atoms with Crippen LogP contribution in [-0.4, -0.2) is 58.6 Å². The number of hydrogen-bond acceptors (Lipinski definition) is 5. The first-order valence-electron chi connectivity index (χ1n) is 9.82. The van der Waals surface area contributed by atoms with E-state index < -0.39 is 0 Å². The maximum atomic E-state index is 13.1. The van der Waals surface area contributed by atoms with Crippen molar-refractivity contribution in [3.8, 4) is 0 Å². The van der Waals surface area contributed by atoms with Crippen molar-refractivity contribution >= 4 is 39.7 Å². The Morgan fingerprint density at radius 3 is 2.86 bits per heavy atom. The first-order valence-corrected chi connectivity index (χ1v) is 11.0. The van der Waals surface area contributed by atoms with Crippen LogP contribution >= 0.6 is 23.6 Å². The van der Waals surface area contributed by atoms with Crippen molar-refractivity contribution in [1.82, 2.24) is 14.8 Å². The summed E-state index contributed by atoms with van der Waals surface area (Å²) < 4.78 is 1.85. The van der Waals surface area contributed by atoms with Crippen LogP contribution in [0.3, 0.4) is 0 Å². The molecule has 2 atom stereocenters. The molecular weight excluding hydrogens is 402 g/mol. The molecule has 0 spiro atoms. The lowest BCUT2D eigenvalue weighted by Gasteiger charge is -2.32. The van der Waals surface area contributed by atoms with Crippen molar-refractivity contribution in [3.63, 3.8) is 0 Å². The third-order valence-electron chi connectivity index (χ3n) is 5.56. The van der Waals surface area contributed by atoms with Gasteiger partial charge in [-0.3, -0.25) is 9.69 Å². The number of H-pyrrole nitrogens is 1. The fourth-order valence-corrected chi connectivity index (χ4v) is 5.03. The molecule has 0 unspecified atom stereocenters. The molecule has 7 heteroatoms. The minimum Gasteiger partial charge on any atom is -0.392 e. The van der Waals surface area contributed by atoms with Crippen molar-refractivity contribution < 1.29 is 9.90 Å². The summed E-state index contributed by atoms with van der Waals surface area (Å²) in [5.74, 6) is 0.0757. The van der Waals surface area contributed by atoms with Gasteiger partial charge in [-0.15, -0.1) is 11.3 Å². The molecule has 5 nitrogen and oxygen atoms in total. The number of thiazole rings is 1. The predicted octanol–water partition coefficient (Wildman–Crippen LogP) is 3.77. The van der Waals surface area contributed by atoms with Crippen molar-refractivity contribution in [2.75, 3.05) is 26.7 Å². The summed E-state index contributed by atoms with van der Waals surface area (Å²) in [7, 11) is 1.88. The number of likely N-dealkylation sites (N-methyl/N-ethyl adjacent to an activating group) is 1. The van der Waals surface area contributed by atoms with Crippen LogP contribution in [-0.2, 0) is 11.2 Å². The molecule has 2 N–H and O–H groups in total. The highest BCUT2D eigenvalue weighted by Gasteiger charge is 2.28. The Labute approximate surface area is 179 Å². The van der Waals surface area contributed by atoms with E-state index in [1.54, 1.807) is 11.3 Å². The lowest BCUT2D eigenvalue weighted by molar-refractivity contribution is -0.131. The monoisotopic (exact) mass is 427 g/mol. The zero-order chi connectivity index (χ0) is 20.4. The van der Waals surface area contributed by atoms with Gasteiger partial charge in [-0.05, 0) is 41.9 Å². The number of carbonyl (C=O) groups is 1. The van der Waals surface area contributed by atoms with Crippen molar-refractivity contribution in [2.45, 2.75) is 25.0 Å². The summed E-state index contributed by atoms with van der Waals surface area (Å²) in [6.07, 6.45) is 0.867. The zero-order valence-electron chi connectivity index (χ0n) is 16.4. The topological polar surface area (TPSA) is 59.6 Å². The average Bonchev–Trinajstić information content (AvgIpc) is 3.30. The molecule has 3 aromatic rings. The summed E-state index contributed by atoms with van der Waals surface area (Å²) in [4.78, 5) is 20.4. The second-order valence-corrected chi connectivity index (χ2v) is 9.37. The van der Waals surface area contributed by atoms with E-state index in [0.717, 1.165) is 44.8 Å². The normalized spacial score (nSPS) is 18.2. The van der Waals surface area contributed by atoms with E-state index in [-0.39, 0.29) is 18.1 Å². The molecular formula is C22H25N3O2S2. The number of fused-ring (bicyclic) bond motifs is 1. The number of aliphatic hydroxyl groups is 1. The fourth-order valence-electron chi connectivity index (χ4n) is 3.93. The third kappa shape index (κ3) is 4.75. The lowest BCUT2D eigenvalue weighted by atomic mass is 10.0. The van der Waals surface area contributed by atoms with Crippen LogP contribution in [0.25, 0.3) is 10.2 Å². The van der Waals surface area contributed by atoms with Gasteiger partial charge in [0.2, 0.25) is 5.91 Å². The molecule has 0 aliphatic carbocycles. The minimum atomic E-state index is -0.268. The van der Waals surface area contributed by atoms with Gasteiger partial charge in [0.25, 0.3) is 0 Å². The number of rotatable bonds is 6. The van der Waals surface area contributed by atoms with E-state index in [1.807, 2.05) is 48.3 Å². The summed E-state index contributed by atoms with van der Waals surface area (Å²) in [6.45, 7) is 2.25. The first kappa shape index (κ1) is 20.2. The molecule has 1 aromatic heterocycles. The highest BCUT2D eigenvalue weighted by molar-refractivity contribution is 7.73. The van der Waals surface area contributed by atoms with Gasteiger partial charge in [-0.25, -0.2) is 0 Å².